The first-order valence-electron chi connectivity index (χ1n) is 11.2. The molecule has 1 aliphatic carbocycles. The molecule has 1 aromatic carbocycles. The third-order valence-corrected chi connectivity index (χ3v) is 6.39. The highest BCUT2D eigenvalue weighted by molar-refractivity contribution is 5.97. The number of rotatable bonds is 6. The van der Waals surface area contributed by atoms with E-state index in [1.54, 1.807) is 6.07 Å². The van der Waals surface area contributed by atoms with Gasteiger partial charge in [0.2, 0.25) is 12.2 Å². The highest BCUT2D eigenvalue weighted by Gasteiger charge is 2.53. The molecule has 0 bridgehead atoms. The minimum Gasteiger partial charge on any atom is -0.504 e. The number of Topliss-reactive ketones (excluding diaryl/α,β-unsaturated/α-hetero) is 1. The first kappa shape index (κ1) is 25.5. The van der Waals surface area contributed by atoms with E-state index in [0.717, 1.165) is 0 Å². The van der Waals surface area contributed by atoms with Gasteiger partial charge >= 0.3 is 0 Å². The van der Waals surface area contributed by atoms with E-state index in [1.807, 2.05) is 0 Å². The maximum Gasteiger partial charge on any atom is 0.247 e. The second-order valence-corrected chi connectivity index (χ2v) is 8.93. The molecule has 2 aliphatic heterocycles. The zero-order valence-corrected chi connectivity index (χ0v) is 19.1. The number of benzene rings is 1. The molecule has 35 heavy (non-hydrogen) atoms. The van der Waals surface area contributed by atoms with Crippen LogP contribution in [0.4, 0.5) is 0 Å². The summed E-state index contributed by atoms with van der Waals surface area (Å²) >= 11 is 0. The Morgan fingerprint density at radius 3 is 2.37 bits per heavy atom. The molecule has 0 aromatic heterocycles. The molecule has 3 fully saturated rings. The topological polar surface area (TPSA) is 184 Å². The molecule has 192 valence electrons. The summed E-state index contributed by atoms with van der Waals surface area (Å²) < 4.78 is 21.3. The van der Waals surface area contributed by atoms with Crippen molar-refractivity contribution in [2.45, 2.75) is 75.3 Å². The smallest absolute Gasteiger partial charge is 0.247 e. The Hall–Kier alpha value is -2.58. The Balaban J connectivity index is 1.40. The van der Waals surface area contributed by atoms with Crippen molar-refractivity contribution in [3.05, 3.63) is 29.3 Å². The summed E-state index contributed by atoms with van der Waals surface area (Å²) in [7, 11) is 0. The van der Waals surface area contributed by atoms with Gasteiger partial charge in [-0.3, -0.25) is 9.59 Å². The molecule has 0 spiro atoms. The van der Waals surface area contributed by atoms with Gasteiger partial charge in [0.15, 0.2) is 17.3 Å². The standard InChI is InChI=1S/C23H29NO11/c1-9(22(31)24-16-17(28)19(30)21-20(18(16)29)32-8-33-21)5-11-3-4-14(12(26)6-11)34-23-13(27)7-15(35-23)10(2)25/h3-6,13,15-21,23,26-30H,7-8H2,1-2H3,(H,24,31)/b9-5+/t13-,15-,16+,17-,18+,19+,20-,21+,23+/m0/s1. The van der Waals surface area contributed by atoms with Gasteiger partial charge in [0.25, 0.3) is 0 Å². The minimum absolute atomic E-state index is 0.0216. The summed E-state index contributed by atoms with van der Waals surface area (Å²) in [6.07, 6.45) is -7.26. The maximum atomic E-state index is 12.7. The lowest BCUT2D eigenvalue weighted by Crippen LogP contribution is -2.67. The molecule has 3 aliphatic rings. The lowest BCUT2D eigenvalue weighted by Gasteiger charge is -2.41. The summed E-state index contributed by atoms with van der Waals surface area (Å²) in [5.74, 6) is -1.11. The van der Waals surface area contributed by atoms with Gasteiger partial charge in [-0.25, -0.2) is 0 Å². The summed E-state index contributed by atoms with van der Waals surface area (Å²) in [6.45, 7) is 2.71. The van der Waals surface area contributed by atoms with Gasteiger partial charge < -0.3 is 49.8 Å². The number of nitrogens with one attached hydrogen (secondary N) is 1. The molecule has 4 rings (SSSR count). The maximum absolute atomic E-state index is 12.7. The van der Waals surface area contributed by atoms with Gasteiger partial charge in [-0.15, -0.1) is 0 Å². The summed E-state index contributed by atoms with van der Waals surface area (Å²) in [5, 5.41) is 53.9. The quantitative estimate of drug-likeness (QED) is 0.254. The normalized spacial score (nSPS) is 37.1. The number of ketones is 1. The van der Waals surface area contributed by atoms with Crippen molar-refractivity contribution in [2.75, 3.05) is 6.79 Å². The third kappa shape index (κ3) is 5.19. The van der Waals surface area contributed by atoms with Gasteiger partial charge in [0.1, 0.15) is 49.5 Å². The first-order chi connectivity index (χ1) is 16.6. The van der Waals surface area contributed by atoms with E-state index in [0.29, 0.717) is 5.56 Å². The van der Waals surface area contributed by atoms with Crippen LogP contribution in [0, 0.1) is 0 Å². The van der Waals surface area contributed by atoms with Crippen LogP contribution >= 0.6 is 0 Å². The van der Waals surface area contributed by atoms with E-state index in [1.165, 1.54) is 32.1 Å². The van der Waals surface area contributed by atoms with Crippen LogP contribution in [0.5, 0.6) is 11.5 Å². The number of fused-ring (bicyclic) bond motifs is 1. The number of carbonyl (C=O) groups is 2. The van der Waals surface area contributed by atoms with E-state index in [9.17, 15) is 35.1 Å². The third-order valence-electron chi connectivity index (χ3n) is 6.39. The fraction of sp³-hybridized carbons (Fsp3) is 0.565. The Labute approximate surface area is 200 Å². The van der Waals surface area contributed by atoms with Gasteiger partial charge in [-0.1, -0.05) is 6.07 Å². The number of phenols is 1. The van der Waals surface area contributed by atoms with Gasteiger partial charge in [-0.05, 0) is 37.6 Å². The number of phenolic OH excluding ortho intramolecular Hbond substituents is 1. The number of carbonyl (C=O) groups excluding carboxylic acids is 2. The molecule has 6 N–H and O–H groups in total. The first-order valence-corrected chi connectivity index (χ1v) is 11.2. The number of hydrogen-bond acceptors (Lipinski definition) is 11. The fourth-order valence-electron chi connectivity index (χ4n) is 4.39. The number of amides is 1. The van der Waals surface area contributed by atoms with Crippen LogP contribution in [0.15, 0.2) is 23.8 Å². The van der Waals surface area contributed by atoms with Crippen LogP contribution in [-0.2, 0) is 23.8 Å². The van der Waals surface area contributed by atoms with E-state index >= 15 is 0 Å². The number of aliphatic hydroxyl groups excluding tert-OH is 4. The molecule has 1 aromatic rings. The average molecular weight is 495 g/mol. The Morgan fingerprint density at radius 2 is 1.74 bits per heavy atom. The highest BCUT2D eigenvalue weighted by atomic mass is 16.7. The lowest BCUT2D eigenvalue weighted by atomic mass is 9.83. The molecule has 1 saturated carbocycles. The summed E-state index contributed by atoms with van der Waals surface area (Å²) in [6, 6.07) is 3.12. The average Bonchev–Trinajstić information content (AvgIpc) is 3.44. The fourth-order valence-corrected chi connectivity index (χ4v) is 4.39. The molecule has 1 amide bonds. The monoisotopic (exact) mass is 495 g/mol. The molecular weight excluding hydrogens is 466 g/mol. The number of aliphatic hydroxyl groups is 4. The van der Waals surface area contributed by atoms with Crippen molar-refractivity contribution in [3.8, 4) is 11.5 Å². The van der Waals surface area contributed by atoms with E-state index in [-0.39, 0.29) is 36.1 Å². The van der Waals surface area contributed by atoms with E-state index in [2.05, 4.69) is 5.32 Å². The van der Waals surface area contributed by atoms with Crippen LogP contribution < -0.4 is 10.1 Å². The van der Waals surface area contributed by atoms with Gasteiger partial charge in [0.05, 0.1) is 6.04 Å². The summed E-state index contributed by atoms with van der Waals surface area (Å²) in [4.78, 5) is 24.1. The van der Waals surface area contributed by atoms with Crippen LogP contribution in [0.1, 0.15) is 25.8 Å². The predicted molar refractivity (Wildman–Crippen MR) is 117 cm³/mol. The molecule has 2 heterocycles. The van der Waals surface area contributed by atoms with Crippen molar-refractivity contribution in [1.29, 1.82) is 0 Å². The Morgan fingerprint density at radius 1 is 1.06 bits per heavy atom. The summed E-state index contributed by atoms with van der Waals surface area (Å²) in [5.41, 5.74) is 0.630. The lowest BCUT2D eigenvalue weighted by molar-refractivity contribution is -0.155. The molecule has 12 heteroatoms. The molecule has 0 radical (unpaired) electrons. The Kier molecular flexibility index (Phi) is 7.43. The van der Waals surface area contributed by atoms with Crippen molar-refractivity contribution >= 4 is 17.8 Å². The van der Waals surface area contributed by atoms with Crippen LogP contribution in [0.2, 0.25) is 0 Å². The SMILES string of the molecule is CC(=O)[C@@H]1C[C@H](O)[C@H](Oc2ccc(/C=C(\C)C(=O)N[C@@H]3[C@H](O)[C@@H](O)[C@H]4OCO[C@H]4[C@@H]3O)cc2O)O1. The van der Waals surface area contributed by atoms with Crippen molar-refractivity contribution in [1.82, 2.24) is 5.32 Å². The largest absolute Gasteiger partial charge is 0.504 e. The van der Waals surface area contributed by atoms with Crippen molar-refractivity contribution < 1.29 is 54.1 Å². The second kappa shape index (κ2) is 10.2. The zero-order valence-electron chi connectivity index (χ0n) is 19.1. The van der Waals surface area contributed by atoms with Gasteiger partial charge in [0, 0.05) is 12.0 Å². The molecular formula is C23H29NO11. The van der Waals surface area contributed by atoms with Crippen LogP contribution in [0.25, 0.3) is 6.08 Å². The van der Waals surface area contributed by atoms with Crippen molar-refractivity contribution in [3.63, 3.8) is 0 Å². The van der Waals surface area contributed by atoms with E-state index in [4.69, 9.17) is 18.9 Å². The van der Waals surface area contributed by atoms with Crippen molar-refractivity contribution in [2.24, 2.45) is 0 Å². The number of ether oxygens (including phenoxy) is 4. The number of hydrogen-bond donors (Lipinski definition) is 6. The predicted octanol–water partition coefficient (Wildman–Crippen LogP) is -1.44. The van der Waals surface area contributed by atoms with Crippen LogP contribution in [-0.4, -0.2) is 99.1 Å². The highest BCUT2D eigenvalue weighted by Crippen LogP contribution is 2.33. The number of aromatic hydroxyl groups is 1. The van der Waals surface area contributed by atoms with Gasteiger partial charge in [-0.2, -0.15) is 0 Å². The zero-order chi connectivity index (χ0) is 25.4. The molecule has 9 atom stereocenters. The van der Waals surface area contributed by atoms with Crippen LogP contribution in [0.3, 0.4) is 0 Å². The molecule has 2 saturated heterocycles. The second-order valence-electron chi connectivity index (χ2n) is 8.93. The minimum atomic E-state index is -1.47. The Bertz CT molecular complexity index is 998. The molecule has 12 nitrogen and oxygen atoms in total. The van der Waals surface area contributed by atoms with E-state index < -0.39 is 61.0 Å². The molecule has 0 unspecified atom stereocenters.